The number of nitriles is 1. The number of amides is 1. The number of hydrogen-bond acceptors (Lipinski definition) is 4. The highest BCUT2D eigenvalue weighted by Gasteiger charge is 2.30. The molecular weight excluding hydrogens is 295 g/mol. The quantitative estimate of drug-likeness (QED) is 0.941. The molecule has 3 rings (SSSR count). The number of likely N-dealkylation sites (tertiary alicyclic amines) is 1. The molecule has 1 saturated heterocycles. The van der Waals surface area contributed by atoms with Crippen LogP contribution in [0.5, 0.6) is 0 Å². The molecule has 116 valence electrons. The van der Waals surface area contributed by atoms with Crippen LogP contribution in [-0.2, 0) is 11.3 Å². The first-order chi connectivity index (χ1) is 11.2. The van der Waals surface area contributed by atoms with Crippen molar-refractivity contribution in [3.63, 3.8) is 0 Å². The minimum Gasteiger partial charge on any atom is -0.364 e. The maximum Gasteiger partial charge on any atom is 0.225 e. The number of aromatic nitrogens is 1. The summed E-state index contributed by atoms with van der Waals surface area (Å²) in [4.78, 5) is 18.0. The van der Waals surface area contributed by atoms with Crippen molar-refractivity contribution >= 4 is 11.7 Å². The van der Waals surface area contributed by atoms with Crippen LogP contribution in [0.2, 0.25) is 0 Å². The smallest absolute Gasteiger partial charge is 0.225 e. The van der Waals surface area contributed by atoms with Crippen LogP contribution in [0, 0.1) is 17.1 Å². The first-order valence-electron chi connectivity index (χ1n) is 7.29. The zero-order chi connectivity index (χ0) is 16.2. The second-order valence-corrected chi connectivity index (χ2v) is 5.46. The first kappa shape index (κ1) is 15.0. The van der Waals surface area contributed by atoms with E-state index >= 15 is 0 Å². The van der Waals surface area contributed by atoms with E-state index in [1.807, 2.05) is 0 Å². The molecule has 1 aromatic carbocycles. The fourth-order valence-corrected chi connectivity index (χ4v) is 2.68. The van der Waals surface area contributed by atoms with Gasteiger partial charge in [-0.05, 0) is 29.8 Å². The zero-order valence-electron chi connectivity index (χ0n) is 12.4. The largest absolute Gasteiger partial charge is 0.364 e. The lowest BCUT2D eigenvalue weighted by atomic mass is 10.2. The van der Waals surface area contributed by atoms with Gasteiger partial charge in [0.1, 0.15) is 17.7 Å². The van der Waals surface area contributed by atoms with Gasteiger partial charge in [-0.25, -0.2) is 9.37 Å². The predicted octanol–water partition coefficient (Wildman–Crippen LogP) is 2.31. The average Bonchev–Trinajstić information content (AvgIpc) is 2.87. The average molecular weight is 310 g/mol. The second-order valence-electron chi connectivity index (χ2n) is 5.46. The Morgan fingerprint density at radius 3 is 3.04 bits per heavy atom. The lowest BCUT2D eigenvalue weighted by Crippen LogP contribution is -2.28. The van der Waals surface area contributed by atoms with Crippen molar-refractivity contribution in [3.05, 3.63) is 59.5 Å². The summed E-state index contributed by atoms with van der Waals surface area (Å²) in [6.45, 7) is 0.874. The summed E-state index contributed by atoms with van der Waals surface area (Å²) in [6, 6.07) is 11.6. The third kappa shape index (κ3) is 3.46. The number of pyridine rings is 1. The SMILES string of the molecule is N#Cc1cccnc1N[C@H]1CC(=O)N(Cc2cccc(F)c2)C1. The van der Waals surface area contributed by atoms with E-state index in [2.05, 4.69) is 16.4 Å². The molecule has 23 heavy (non-hydrogen) atoms. The van der Waals surface area contributed by atoms with E-state index in [0.29, 0.717) is 30.9 Å². The summed E-state index contributed by atoms with van der Waals surface area (Å²) in [5.41, 5.74) is 1.21. The number of rotatable bonds is 4. The first-order valence-corrected chi connectivity index (χ1v) is 7.29. The Kier molecular flexibility index (Phi) is 4.20. The maximum absolute atomic E-state index is 13.2. The molecule has 2 heterocycles. The maximum atomic E-state index is 13.2. The van der Waals surface area contributed by atoms with Crippen molar-refractivity contribution < 1.29 is 9.18 Å². The fourth-order valence-electron chi connectivity index (χ4n) is 2.68. The molecule has 1 fully saturated rings. The lowest BCUT2D eigenvalue weighted by molar-refractivity contribution is -0.128. The van der Waals surface area contributed by atoms with E-state index in [-0.39, 0.29) is 17.8 Å². The molecular formula is C17H15FN4O. The Balaban J connectivity index is 1.67. The molecule has 2 aromatic rings. The van der Waals surface area contributed by atoms with Gasteiger partial charge in [-0.3, -0.25) is 4.79 Å². The summed E-state index contributed by atoms with van der Waals surface area (Å²) >= 11 is 0. The van der Waals surface area contributed by atoms with E-state index in [0.717, 1.165) is 5.56 Å². The van der Waals surface area contributed by atoms with Crippen LogP contribution in [-0.4, -0.2) is 28.4 Å². The third-order valence-electron chi connectivity index (χ3n) is 3.75. The van der Waals surface area contributed by atoms with E-state index in [1.54, 1.807) is 35.4 Å². The van der Waals surface area contributed by atoms with Gasteiger partial charge in [0.05, 0.1) is 11.6 Å². The van der Waals surface area contributed by atoms with Crippen LogP contribution in [0.25, 0.3) is 0 Å². The Morgan fingerprint density at radius 2 is 2.26 bits per heavy atom. The molecule has 5 nitrogen and oxygen atoms in total. The van der Waals surface area contributed by atoms with E-state index in [1.165, 1.54) is 12.1 Å². The number of nitrogens with zero attached hydrogens (tertiary/aromatic N) is 3. The second kappa shape index (κ2) is 6.44. The van der Waals surface area contributed by atoms with E-state index in [9.17, 15) is 9.18 Å². The number of anilines is 1. The molecule has 1 amide bonds. The predicted molar refractivity (Wildman–Crippen MR) is 82.8 cm³/mol. The van der Waals surface area contributed by atoms with Gasteiger partial charge in [0.2, 0.25) is 5.91 Å². The molecule has 6 heteroatoms. The van der Waals surface area contributed by atoms with Crippen molar-refractivity contribution in [2.75, 3.05) is 11.9 Å². The Hall–Kier alpha value is -2.94. The molecule has 0 bridgehead atoms. The molecule has 0 radical (unpaired) electrons. The summed E-state index contributed by atoms with van der Waals surface area (Å²) in [6.07, 6.45) is 1.93. The van der Waals surface area contributed by atoms with Crippen molar-refractivity contribution in [1.82, 2.24) is 9.88 Å². The van der Waals surface area contributed by atoms with Gasteiger partial charge in [0.15, 0.2) is 0 Å². The van der Waals surface area contributed by atoms with Crippen LogP contribution < -0.4 is 5.32 Å². The summed E-state index contributed by atoms with van der Waals surface area (Å²) < 4.78 is 13.2. The Morgan fingerprint density at radius 1 is 1.39 bits per heavy atom. The summed E-state index contributed by atoms with van der Waals surface area (Å²) in [5.74, 6) is 0.178. The van der Waals surface area contributed by atoms with Crippen LogP contribution in [0.1, 0.15) is 17.5 Å². The highest BCUT2D eigenvalue weighted by Crippen LogP contribution is 2.20. The van der Waals surface area contributed by atoms with Gasteiger partial charge in [-0.15, -0.1) is 0 Å². The van der Waals surface area contributed by atoms with Crippen molar-refractivity contribution in [2.45, 2.75) is 19.0 Å². The van der Waals surface area contributed by atoms with Gasteiger partial charge >= 0.3 is 0 Å². The van der Waals surface area contributed by atoms with Crippen LogP contribution in [0.15, 0.2) is 42.6 Å². The third-order valence-corrected chi connectivity index (χ3v) is 3.75. The lowest BCUT2D eigenvalue weighted by Gasteiger charge is -2.17. The molecule has 1 aliphatic rings. The number of halogens is 1. The minimum absolute atomic E-state index is 0.00111. The number of hydrogen-bond donors (Lipinski definition) is 1. The Bertz CT molecular complexity index is 771. The highest BCUT2D eigenvalue weighted by molar-refractivity contribution is 5.80. The molecule has 1 N–H and O–H groups in total. The van der Waals surface area contributed by atoms with Crippen molar-refractivity contribution in [3.8, 4) is 6.07 Å². The molecule has 1 aliphatic heterocycles. The number of nitrogens with one attached hydrogen (secondary N) is 1. The molecule has 0 saturated carbocycles. The summed E-state index contributed by atoms with van der Waals surface area (Å²) in [7, 11) is 0. The van der Waals surface area contributed by atoms with Gasteiger partial charge in [0.25, 0.3) is 0 Å². The van der Waals surface area contributed by atoms with Crippen LogP contribution in [0.3, 0.4) is 0 Å². The standard InChI is InChI=1S/C17H15FN4O/c18-14-5-1-3-12(7-14)10-22-11-15(8-16(22)23)21-17-13(9-19)4-2-6-20-17/h1-7,15H,8,10-11H2,(H,20,21)/t15-/m0/s1. The molecule has 1 aromatic heterocycles. The molecule has 0 aliphatic carbocycles. The number of carbonyl (C=O) groups excluding carboxylic acids is 1. The zero-order valence-corrected chi connectivity index (χ0v) is 12.4. The topological polar surface area (TPSA) is 69.0 Å². The van der Waals surface area contributed by atoms with Crippen LogP contribution >= 0.6 is 0 Å². The molecule has 0 spiro atoms. The van der Waals surface area contributed by atoms with E-state index < -0.39 is 0 Å². The van der Waals surface area contributed by atoms with Crippen LogP contribution in [0.4, 0.5) is 10.2 Å². The summed E-state index contributed by atoms with van der Waals surface area (Å²) in [5, 5.41) is 12.2. The van der Waals surface area contributed by atoms with Gasteiger partial charge in [-0.2, -0.15) is 5.26 Å². The highest BCUT2D eigenvalue weighted by atomic mass is 19.1. The fraction of sp³-hybridized carbons (Fsp3) is 0.235. The normalized spacial score (nSPS) is 17.1. The van der Waals surface area contributed by atoms with Crippen molar-refractivity contribution in [1.29, 1.82) is 5.26 Å². The minimum atomic E-state index is -0.309. The van der Waals surface area contributed by atoms with Gasteiger partial charge in [-0.1, -0.05) is 12.1 Å². The van der Waals surface area contributed by atoms with Gasteiger partial charge < -0.3 is 10.2 Å². The Labute approximate surface area is 133 Å². The molecule has 1 atom stereocenters. The van der Waals surface area contributed by atoms with Crippen molar-refractivity contribution in [2.24, 2.45) is 0 Å². The monoisotopic (exact) mass is 310 g/mol. The molecule has 0 unspecified atom stereocenters. The number of carbonyl (C=O) groups is 1. The number of benzene rings is 1. The van der Waals surface area contributed by atoms with Gasteiger partial charge in [0, 0.05) is 25.7 Å². The van der Waals surface area contributed by atoms with E-state index in [4.69, 9.17) is 5.26 Å².